The molecule has 0 atom stereocenters. The Hall–Kier alpha value is -1.07. The summed E-state index contributed by atoms with van der Waals surface area (Å²) in [7, 11) is -3.13. The zero-order valence-electron chi connectivity index (χ0n) is 12.1. The third kappa shape index (κ3) is 6.59. The summed E-state index contributed by atoms with van der Waals surface area (Å²) in [4.78, 5) is 0.314. The van der Waals surface area contributed by atoms with Crippen LogP contribution in [0.2, 0.25) is 0 Å². The number of benzene rings is 1. The van der Waals surface area contributed by atoms with Gasteiger partial charge in [-0.1, -0.05) is 0 Å². The minimum atomic E-state index is -3.13. The van der Waals surface area contributed by atoms with Crippen LogP contribution in [0.4, 0.5) is 0 Å². The highest BCUT2D eigenvalue weighted by atomic mass is 32.2. The number of nitrogens with one attached hydrogen (secondary N) is 1. The molecule has 0 bridgehead atoms. The number of sulfone groups is 1. The first kappa shape index (κ1) is 16.0. The molecular formula is C14H23NO3S. The molecule has 0 aliphatic heterocycles. The van der Waals surface area contributed by atoms with Gasteiger partial charge in [0.05, 0.1) is 11.5 Å². The molecule has 108 valence electrons. The van der Waals surface area contributed by atoms with Crippen molar-refractivity contribution in [2.75, 3.05) is 19.4 Å². The predicted octanol–water partition coefficient (Wildman–Crippen LogP) is 2.25. The lowest BCUT2D eigenvalue weighted by molar-refractivity contribution is 0.298. The topological polar surface area (TPSA) is 55.4 Å². The highest BCUT2D eigenvalue weighted by Gasteiger charge is 2.08. The monoisotopic (exact) mass is 285 g/mol. The quantitative estimate of drug-likeness (QED) is 0.815. The maximum Gasteiger partial charge on any atom is 0.175 e. The molecule has 0 saturated heterocycles. The van der Waals surface area contributed by atoms with Gasteiger partial charge in [0.1, 0.15) is 5.75 Å². The Morgan fingerprint density at radius 3 is 2.21 bits per heavy atom. The molecule has 0 aliphatic carbocycles. The molecule has 0 aliphatic rings. The summed E-state index contributed by atoms with van der Waals surface area (Å²) < 4.78 is 28.1. The molecule has 0 radical (unpaired) electrons. The van der Waals surface area contributed by atoms with Crippen LogP contribution in [0, 0.1) is 0 Å². The molecule has 0 aromatic heterocycles. The number of ether oxygens (including phenoxy) is 1. The lowest BCUT2D eigenvalue weighted by Gasteiger charge is -2.20. The summed E-state index contributed by atoms with van der Waals surface area (Å²) >= 11 is 0. The van der Waals surface area contributed by atoms with E-state index in [0.717, 1.165) is 13.0 Å². The fraction of sp³-hybridized carbons (Fsp3) is 0.571. The van der Waals surface area contributed by atoms with Crippen LogP contribution in [-0.4, -0.2) is 33.4 Å². The van der Waals surface area contributed by atoms with Crippen LogP contribution in [0.3, 0.4) is 0 Å². The fourth-order valence-corrected chi connectivity index (χ4v) is 2.14. The van der Waals surface area contributed by atoms with Gasteiger partial charge in [-0.2, -0.15) is 0 Å². The first-order valence-corrected chi connectivity index (χ1v) is 8.25. The maximum atomic E-state index is 11.3. The van der Waals surface area contributed by atoms with E-state index in [1.807, 2.05) is 0 Å². The van der Waals surface area contributed by atoms with Crippen LogP contribution in [0.1, 0.15) is 27.2 Å². The first-order chi connectivity index (χ1) is 8.68. The standard InChI is InChI=1S/C14H23NO3S/c1-14(2,3)15-10-5-11-18-12-6-8-13(9-7-12)19(4,16)17/h6-9,15H,5,10-11H2,1-4H3. The van der Waals surface area contributed by atoms with Crippen molar-refractivity contribution in [3.05, 3.63) is 24.3 Å². The summed E-state index contributed by atoms with van der Waals surface area (Å²) in [6.45, 7) is 7.87. The fourth-order valence-electron chi connectivity index (χ4n) is 1.51. The zero-order valence-corrected chi connectivity index (χ0v) is 12.9. The van der Waals surface area contributed by atoms with Crippen LogP contribution in [-0.2, 0) is 9.84 Å². The Morgan fingerprint density at radius 1 is 1.16 bits per heavy atom. The molecule has 1 aromatic carbocycles. The molecule has 19 heavy (non-hydrogen) atoms. The summed E-state index contributed by atoms with van der Waals surface area (Å²) in [6.07, 6.45) is 2.10. The van der Waals surface area contributed by atoms with Crippen molar-refractivity contribution < 1.29 is 13.2 Å². The average molecular weight is 285 g/mol. The van der Waals surface area contributed by atoms with E-state index < -0.39 is 9.84 Å². The summed E-state index contributed by atoms with van der Waals surface area (Å²) in [6, 6.07) is 6.51. The molecule has 0 unspecified atom stereocenters. The maximum absolute atomic E-state index is 11.3. The highest BCUT2D eigenvalue weighted by molar-refractivity contribution is 7.90. The molecule has 0 heterocycles. The van der Waals surface area contributed by atoms with Gasteiger partial charge in [-0.15, -0.1) is 0 Å². The van der Waals surface area contributed by atoms with Crippen LogP contribution >= 0.6 is 0 Å². The minimum absolute atomic E-state index is 0.122. The molecule has 5 heteroatoms. The minimum Gasteiger partial charge on any atom is -0.494 e. The average Bonchev–Trinajstić information content (AvgIpc) is 2.26. The Bertz CT molecular complexity index is 486. The van der Waals surface area contributed by atoms with Gasteiger partial charge in [-0.05, 0) is 58.0 Å². The Balaban J connectivity index is 2.35. The molecule has 1 N–H and O–H groups in total. The Labute approximate surface area is 116 Å². The number of hydrogen-bond donors (Lipinski definition) is 1. The van der Waals surface area contributed by atoms with E-state index in [9.17, 15) is 8.42 Å². The van der Waals surface area contributed by atoms with Crippen molar-refractivity contribution in [1.82, 2.24) is 5.32 Å². The molecule has 4 nitrogen and oxygen atoms in total. The van der Waals surface area contributed by atoms with Gasteiger partial charge in [0, 0.05) is 11.8 Å². The van der Waals surface area contributed by atoms with Gasteiger partial charge < -0.3 is 10.1 Å². The van der Waals surface area contributed by atoms with E-state index in [4.69, 9.17) is 4.74 Å². The van der Waals surface area contributed by atoms with Crippen molar-refractivity contribution in [3.63, 3.8) is 0 Å². The van der Waals surface area contributed by atoms with Gasteiger partial charge in [0.2, 0.25) is 0 Å². The van der Waals surface area contributed by atoms with Crippen LogP contribution in [0.15, 0.2) is 29.2 Å². The predicted molar refractivity (Wildman–Crippen MR) is 77.4 cm³/mol. The number of rotatable bonds is 6. The van der Waals surface area contributed by atoms with Crippen molar-refractivity contribution >= 4 is 9.84 Å². The molecule has 1 rings (SSSR count). The van der Waals surface area contributed by atoms with Crippen molar-refractivity contribution in [2.24, 2.45) is 0 Å². The van der Waals surface area contributed by atoms with E-state index in [0.29, 0.717) is 17.3 Å². The lowest BCUT2D eigenvalue weighted by atomic mass is 10.1. The number of hydrogen-bond acceptors (Lipinski definition) is 4. The molecule has 0 fully saturated rings. The van der Waals surface area contributed by atoms with Crippen LogP contribution in [0.25, 0.3) is 0 Å². The SMILES string of the molecule is CC(C)(C)NCCCOc1ccc(S(C)(=O)=O)cc1. The van der Waals surface area contributed by atoms with E-state index in [-0.39, 0.29) is 5.54 Å². The smallest absolute Gasteiger partial charge is 0.175 e. The van der Waals surface area contributed by atoms with E-state index in [1.165, 1.54) is 6.26 Å². The van der Waals surface area contributed by atoms with Gasteiger partial charge in [0.15, 0.2) is 9.84 Å². The van der Waals surface area contributed by atoms with Crippen molar-refractivity contribution in [2.45, 2.75) is 37.6 Å². The second kappa shape index (κ2) is 6.39. The van der Waals surface area contributed by atoms with Crippen molar-refractivity contribution in [3.8, 4) is 5.75 Å². The molecule has 0 spiro atoms. The van der Waals surface area contributed by atoms with Crippen LogP contribution < -0.4 is 10.1 Å². The van der Waals surface area contributed by atoms with Gasteiger partial charge in [0.25, 0.3) is 0 Å². The van der Waals surface area contributed by atoms with Gasteiger partial charge >= 0.3 is 0 Å². The first-order valence-electron chi connectivity index (χ1n) is 6.36. The normalized spacial score (nSPS) is 12.4. The zero-order chi connectivity index (χ0) is 14.5. The second-order valence-electron chi connectivity index (χ2n) is 5.62. The summed E-state index contributed by atoms with van der Waals surface area (Å²) in [5.74, 6) is 0.697. The third-order valence-corrected chi connectivity index (χ3v) is 3.63. The van der Waals surface area contributed by atoms with Crippen molar-refractivity contribution in [1.29, 1.82) is 0 Å². The summed E-state index contributed by atoms with van der Waals surface area (Å²) in [5, 5.41) is 3.38. The van der Waals surface area contributed by atoms with E-state index in [1.54, 1.807) is 24.3 Å². The second-order valence-corrected chi connectivity index (χ2v) is 7.64. The molecule has 0 amide bonds. The Kier molecular flexibility index (Phi) is 5.38. The lowest BCUT2D eigenvalue weighted by Crippen LogP contribution is -2.36. The summed E-state index contributed by atoms with van der Waals surface area (Å²) in [5.41, 5.74) is 0.122. The molecular weight excluding hydrogens is 262 g/mol. The van der Waals surface area contributed by atoms with E-state index >= 15 is 0 Å². The Morgan fingerprint density at radius 2 is 1.74 bits per heavy atom. The van der Waals surface area contributed by atoms with E-state index in [2.05, 4.69) is 26.1 Å². The molecule has 0 saturated carbocycles. The highest BCUT2D eigenvalue weighted by Crippen LogP contribution is 2.15. The van der Waals surface area contributed by atoms with Crippen LogP contribution in [0.5, 0.6) is 5.75 Å². The van der Waals surface area contributed by atoms with Gasteiger partial charge in [-0.3, -0.25) is 0 Å². The molecule has 1 aromatic rings. The third-order valence-electron chi connectivity index (χ3n) is 2.50. The van der Waals surface area contributed by atoms with Gasteiger partial charge in [-0.25, -0.2) is 8.42 Å². The largest absolute Gasteiger partial charge is 0.494 e.